The molecule has 1 saturated heterocycles. The number of anilines is 2. The lowest BCUT2D eigenvalue weighted by Crippen LogP contribution is -2.38. The monoisotopic (exact) mass is 380 g/mol. The van der Waals surface area contributed by atoms with Crippen LogP contribution in [0.4, 0.5) is 16.2 Å². The number of benzene rings is 2. The molecule has 0 atom stereocenters. The van der Waals surface area contributed by atoms with Gasteiger partial charge in [-0.1, -0.05) is 30.3 Å². The lowest BCUT2D eigenvalue weighted by Gasteiger charge is -2.23. The molecule has 28 heavy (non-hydrogen) atoms. The molecule has 2 aromatic carbocycles. The molecule has 2 aliphatic heterocycles. The average molecular weight is 380 g/mol. The second kappa shape index (κ2) is 8.31. The fraction of sp³-hybridized carbons (Fsp3) is 0.333. The summed E-state index contributed by atoms with van der Waals surface area (Å²) in [5, 5.41) is 5.69. The number of nitrogens with zero attached hydrogens (tertiary/aromatic N) is 2. The Morgan fingerprint density at radius 2 is 1.93 bits per heavy atom. The van der Waals surface area contributed by atoms with E-state index in [1.54, 1.807) is 18.2 Å². The lowest BCUT2D eigenvalue weighted by molar-refractivity contribution is -0.118. The summed E-state index contributed by atoms with van der Waals surface area (Å²) in [7, 11) is 0. The fourth-order valence-corrected chi connectivity index (χ4v) is 3.53. The zero-order valence-electron chi connectivity index (χ0n) is 15.7. The Kier molecular flexibility index (Phi) is 5.43. The van der Waals surface area contributed by atoms with Crippen molar-refractivity contribution in [1.82, 2.24) is 9.80 Å². The Bertz CT molecular complexity index is 856. The third-order valence-corrected chi connectivity index (χ3v) is 4.99. The van der Waals surface area contributed by atoms with Crippen molar-refractivity contribution < 1.29 is 14.3 Å². The first-order valence-electron chi connectivity index (χ1n) is 9.56. The molecule has 0 bridgehead atoms. The van der Waals surface area contributed by atoms with Gasteiger partial charge in [-0.25, -0.2) is 4.79 Å². The largest absolute Gasteiger partial charge is 0.482 e. The maximum atomic E-state index is 12.7. The molecule has 0 aliphatic carbocycles. The average Bonchev–Trinajstić information content (AvgIpc) is 2.94. The van der Waals surface area contributed by atoms with Crippen LogP contribution in [0.3, 0.4) is 0 Å². The Morgan fingerprint density at radius 3 is 2.79 bits per heavy atom. The van der Waals surface area contributed by atoms with E-state index in [1.807, 2.05) is 11.0 Å². The molecule has 2 aliphatic rings. The standard InChI is InChI=1S/C21H24N4O3/c26-20-15-28-19-13-17(7-8-18(19)23-20)22-21(27)25-10-4-9-24(11-12-25)14-16-5-2-1-3-6-16/h1-3,5-8,13H,4,9-12,14-15H2,(H,22,27)(H,23,26). The van der Waals surface area contributed by atoms with E-state index in [0.717, 1.165) is 32.6 Å². The Morgan fingerprint density at radius 1 is 1.07 bits per heavy atom. The summed E-state index contributed by atoms with van der Waals surface area (Å²) in [5.41, 5.74) is 2.58. The number of fused-ring (bicyclic) bond motifs is 1. The van der Waals surface area contributed by atoms with E-state index < -0.39 is 0 Å². The number of amides is 3. The van der Waals surface area contributed by atoms with Gasteiger partial charge in [0.15, 0.2) is 6.61 Å². The molecule has 4 rings (SSSR count). The molecular formula is C21H24N4O3. The Balaban J connectivity index is 1.33. The van der Waals surface area contributed by atoms with Crippen LogP contribution < -0.4 is 15.4 Å². The number of hydrogen-bond acceptors (Lipinski definition) is 4. The Labute approximate surface area is 164 Å². The minimum atomic E-state index is -0.172. The van der Waals surface area contributed by atoms with Crippen LogP contribution in [0.15, 0.2) is 48.5 Å². The molecule has 7 nitrogen and oxygen atoms in total. The molecule has 0 unspecified atom stereocenters. The first-order valence-corrected chi connectivity index (χ1v) is 9.56. The molecule has 3 amide bonds. The van der Waals surface area contributed by atoms with Crippen molar-refractivity contribution in [2.45, 2.75) is 13.0 Å². The molecule has 0 saturated carbocycles. The predicted octanol–water partition coefficient (Wildman–Crippen LogP) is 2.76. The van der Waals surface area contributed by atoms with Crippen LogP contribution in [0.5, 0.6) is 5.75 Å². The summed E-state index contributed by atoms with van der Waals surface area (Å²) in [6.45, 7) is 4.15. The second-order valence-corrected chi connectivity index (χ2v) is 7.08. The highest BCUT2D eigenvalue weighted by Gasteiger charge is 2.21. The van der Waals surface area contributed by atoms with Gasteiger partial charge in [0.25, 0.3) is 5.91 Å². The number of hydrogen-bond donors (Lipinski definition) is 2. The van der Waals surface area contributed by atoms with E-state index in [-0.39, 0.29) is 18.5 Å². The van der Waals surface area contributed by atoms with E-state index in [0.29, 0.717) is 23.7 Å². The van der Waals surface area contributed by atoms with E-state index >= 15 is 0 Å². The molecule has 0 aromatic heterocycles. The van der Waals surface area contributed by atoms with Gasteiger partial charge in [0, 0.05) is 44.5 Å². The van der Waals surface area contributed by atoms with Crippen LogP contribution in [0.2, 0.25) is 0 Å². The number of rotatable bonds is 3. The molecule has 1 fully saturated rings. The Hall–Kier alpha value is -3.06. The number of urea groups is 1. The molecule has 0 spiro atoms. The van der Waals surface area contributed by atoms with Gasteiger partial charge in [-0.15, -0.1) is 0 Å². The van der Waals surface area contributed by atoms with Gasteiger partial charge >= 0.3 is 6.03 Å². The molecule has 2 heterocycles. The smallest absolute Gasteiger partial charge is 0.321 e. The molecule has 0 radical (unpaired) electrons. The highest BCUT2D eigenvalue weighted by atomic mass is 16.5. The van der Waals surface area contributed by atoms with Crippen molar-refractivity contribution in [2.24, 2.45) is 0 Å². The van der Waals surface area contributed by atoms with E-state index in [4.69, 9.17) is 4.74 Å². The zero-order valence-corrected chi connectivity index (χ0v) is 15.7. The third-order valence-electron chi connectivity index (χ3n) is 4.99. The van der Waals surface area contributed by atoms with Crippen molar-refractivity contribution in [3.63, 3.8) is 0 Å². The maximum absolute atomic E-state index is 12.7. The van der Waals surface area contributed by atoms with Crippen LogP contribution in [0.25, 0.3) is 0 Å². The first kappa shape index (κ1) is 18.3. The van der Waals surface area contributed by atoms with Gasteiger partial charge in [-0.3, -0.25) is 9.69 Å². The van der Waals surface area contributed by atoms with Crippen LogP contribution in [-0.4, -0.2) is 54.5 Å². The number of nitrogens with one attached hydrogen (secondary N) is 2. The molecule has 2 N–H and O–H groups in total. The quantitative estimate of drug-likeness (QED) is 0.859. The summed E-state index contributed by atoms with van der Waals surface area (Å²) < 4.78 is 5.41. The summed E-state index contributed by atoms with van der Waals surface area (Å²) in [4.78, 5) is 28.3. The topological polar surface area (TPSA) is 73.9 Å². The normalized spacial score (nSPS) is 17.1. The number of carbonyl (C=O) groups is 2. The van der Waals surface area contributed by atoms with Gasteiger partial charge in [0.05, 0.1) is 5.69 Å². The van der Waals surface area contributed by atoms with Gasteiger partial charge < -0.3 is 20.3 Å². The first-order chi connectivity index (χ1) is 13.7. The summed E-state index contributed by atoms with van der Waals surface area (Å²) in [6, 6.07) is 15.6. The van der Waals surface area contributed by atoms with Crippen molar-refractivity contribution in [3.8, 4) is 5.75 Å². The summed E-state index contributed by atoms with van der Waals surface area (Å²) in [5.74, 6) is 0.399. The summed E-state index contributed by atoms with van der Waals surface area (Å²) >= 11 is 0. The van der Waals surface area contributed by atoms with Crippen molar-refractivity contribution in [2.75, 3.05) is 43.4 Å². The van der Waals surface area contributed by atoms with E-state index in [1.165, 1.54) is 5.56 Å². The predicted molar refractivity (Wildman–Crippen MR) is 107 cm³/mol. The zero-order chi connectivity index (χ0) is 19.3. The molecular weight excluding hydrogens is 356 g/mol. The lowest BCUT2D eigenvalue weighted by atomic mass is 10.2. The van der Waals surface area contributed by atoms with Gasteiger partial charge in [0.2, 0.25) is 0 Å². The van der Waals surface area contributed by atoms with Crippen molar-refractivity contribution in [3.05, 3.63) is 54.1 Å². The molecule has 2 aromatic rings. The second-order valence-electron chi connectivity index (χ2n) is 7.08. The highest BCUT2D eigenvalue weighted by molar-refractivity contribution is 5.96. The van der Waals surface area contributed by atoms with E-state index in [2.05, 4.69) is 39.8 Å². The van der Waals surface area contributed by atoms with Gasteiger partial charge in [-0.2, -0.15) is 0 Å². The van der Waals surface area contributed by atoms with Crippen LogP contribution in [0.1, 0.15) is 12.0 Å². The summed E-state index contributed by atoms with van der Waals surface area (Å²) in [6.07, 6.45) is 0.944. The van der Waals surface area contributed by atoms with Gasteiger partial charge in [-0.05, 0) is 24.1 Å². The highest BCUT2D eigenvalue weighted by Crippen LogP contribution is 2.30. The van der Waals surface area contributed by atoms with Crippen molar-refractivity contribution in [1.29, 1.82) is 0 Å². The van der Waals surface area contributed by atoms with Crippen LogP contribution >= 0.6 is 0 Å². The van der Waals surface area contributed by atoms with E-state index in [9.17, 15) is 9.59 Å². The molecule has 146 valence electrons. The minimum absolute atomic E-state index is 0.00618. The fourth-order valence-electron chi connectivity index (χ4n) is 3.53. The number of carbonyl (C=O) groups excluding carboxylic acids is 2. The van der Waals surface area contributed by atoms with Crippen LogP contribution in [-0.2, 0) is 11.3 Å². The van der Waals surface area contributed by atoms with Gasteiger partial charge in [0.1, 0.15) is 5.75 Å². The minimum Gasteiger partial charge on any atom is -0.482 e. The van der Waals surface area contributed by atoms with Crippen LogP contribution in [0, 0.1) is 0 Å². The SMILES string of the molecule is O=C1COc2cc(NC(=O)N3CCCN(Cc4ccccc4)CC3)ccc2N1. The maximum Gasteiger partial charge on any atom is 0.321 e. The number of ether oxygens (including phenoxy) is 1. The molecule has 7 heteroatoms. The van der Waals surface area contributed by atoms with Crippen molar-refractivity contribution >= 4 is 23.3 Å². The third kappa shape index (κ3) is 4.43.